The molecule has 0 bridgehead atoms. The number of halogens is 3. The van der Waals surface area contributed by atoms with E-state index in [2.05, 4.69) is 13.0 Å². The van der Waals surface area contributed by atoms with Gasteiger partial charge in [-0.1, -0.05) is 61.4 Å². The van der Waals surface area contributed by atoms with Crippen molar-refractivity contribution in [3.63, 3.8) is 0 Å². The quantitative estimate of drug-likeness (QED) is 0.0622. The minimum atomic E-state index is -4.52. The van der Waals surface area contributed by atoms with Gasteiger partial charge in [-0.25, -0.2) is 4.79 Å². The van der Waals surface area contributed by atoms with Crippen LogP contribution in [0.15, 0.2) is 71.9 Å². The molecule has 0 amide bonds. The molecule has 10 atom stereocenters. The molecular formula is C54H71F3O12. The first kappa shape index (κ1) is 52.5. The molecule has 380 valence electrons. The van der Waals surface area contributed by atoms with Crippen LogP contribution in [0.25, 0.3) is 0 Å². The van der Waals surface area contributed by atoms with E-state index in [9.17, 15) is 52.8 Å². The fourth-order valence-corrected chi connectivity index (χ4v) is 12.6. The molecule has 4 fully saturated rings. The molecule has 4 N–H and O–H groups in total. The highest BCUT2D eigenvalue weighted by Crippen LogP contribution is 2.64. The van der Waals surface area contributed by atoms with E-state index in [1.165, 1.54) is 29.4 Å². The number of carbonyl (C=O) groups is 4. The molecule has 6 aliphatic carbocycles. The minimum absolute atomic E-state index is 0.0331. The number of ketones is 2. The summed E-state index contributed by atoms with van der Waals surface area (Å²) < 4.78 is 60.7. The molecule has 0 aliphatic heterocycles. The number of benzene rings is 1. The normalized spacial score (nSPS) is 34.0. The summed E-state index contributed by atoms with van der Waals surface area (Å²) in [6, 6.07) is 4.37. The number of Topliss-reactive ketones (excluding diaryl/α,β-unsaturated/α-hetero) is 1. The average molecular weight is 969 g/mol. The smallest absolute Gasteiger partial charge is 0.491 e. The molecule has 15 heteroatoms. The second-order valence-corrected chi connectivity index (χ2v) is 21.1. The van der Waals surface area contributed by atoms with Gasteiger partial charge in [0, 0.05) is 36.0 Å². The molecule has 1 aromatic rings. The molecule has 1 aromatic carbocycles. The van der Waals surface area contributed by atoms with Gasteiger partial charge in [-0.2, -0.15) is 13.2 Å². The van der Waals surface area contributed by atoms with Crippen molar-refractivity contribution in [2.24, 2.45) is 46.3 Å². The molecule has 0 unspecified atom stereocenters. The van der Waals surface area contributed by atoms with Crippen LogP contribution in [0.4, 0.5) is 18.0 Å². The van der Waals surface area contributed by atoms with E-state index in [0.717, 1.165) is 63.5 Å². The van der Waals surface area contributed by atoms with Gasteiger partial charge >= 0.3 is 18.3 Å². The number of aliphatic hydroxyl groups is 4. The Hall–Kier alpha value is -4.31. The van der Waals surface area contributed by atoms with Crippen LogP contribution in [0.5, 0.6) is 5.75 Å². The number of fused-ring (bicyclic) bond motifs is 5. The number of esters is 1. The number of allylic oxidation sites excluding steroid dienone is 6. The lowest BCUT2D eigenvalue weighted by Crippen LogP contribution is -2.62. The number of hydrogen-bond donors (Lipinski definition) is 4. The highest BCUT2D eigenvalue weighted by Gasteiger charge is 2.62. The maximum atomic E-state index is 13.8. The fraction of sp³-hybridized carbons (Fsp3) is 0.667. The Morgan fingerprint density at radius 2 is 1.67 bits per heavy atom. The molecule has 12 nitrogen and oxygen atoms in total. The van der Waals surface area contributed by atoms with Crippen molar-refractivity contribution in [2.75, 3.05) is 26.4 Å². The third-order valence-corrected chi connectivity index (χ3v) is 16.8. The number of unbranched alkanes of at least 4 members (excludes halogenated alkanes) is 1. The van der Waals surface area contributed by atoms with E-state index in [1.54, 1.807) is 6.08 Å². The Bertz CT molecular complexity index is 2120. The summed E-state index contributed by atoms with van der Waals surface area (Å²) in [6.45, 7) is 3.88. The summed E-state index contributed by atoms with van der Waals surface area (Å²) in [5.74, 6) is -0.737. The number of alkyl halides is 3. The van der Waals surface area contributed by atoms with Crippen LogP contribution in [0.3, 0.4) is 0 Å². The summed E-state index contributed by atoms with van der Waals surface area (Å²) in [7, 11) is 0. The number of rotatable bonds is 18. The van der Waals surface area contributed by atoms with Gasteiger partial charge in [-0.15, -0.1) is 0 Å². The zero-order valence-electron chi connectivity index (χ0n) is 40.0. The Morgan fingerprint density at radius 1 is 0.928 bits per heavy atom. The van der Waals surface area contributed by atoms with Crippen molar-refractivity contribution < 1.29 is 71.7 Å². The number of aliphatic hydroxyl groups excluding tert-OH is 3. The molecule has 0 saturated heterocycles. The predicted molar refractivity (Wildman–Crippen MR) is 248 cm³/mol. The van der Waals surface area contributed by atoms with E-state index in [-0.39, 0.29) is 78.6 Å². The van der Waals surface area contributed by atoms with Crippen LogP contribution >= 0.6 is 0 Å². The Morgan fingerprint density at radius 3 is 2.41 bits per heavy atom. The molecule has 7 rings (SSSR count). The number of carbonyl (C=O) groups excluding carboxylic acids is 4. The van der Waals surface area contributed by atoms with Crippen LogP contribution in [-0.4, -0.2) is 94.5 Å². The van der Waals surface area contributed by atoms with Crippen LogP contribution < -0.4 is 4.74 Å². The second kappa shape index (κ2) is 22.4. The average Bonchev–Trinajstić information content (AvgIpc) is 3.59. The zero-order chi connectivity index (χ0) is 49.6. The standard InChI is InChI=1S/C54H71F3O12/c1-51-25-22-38(58)27-36(51)18-20-43-44(51)23-26-52(2)45(43)12-8-24-53(52,65)48(62)33-69-50(64)68-31-35-16-14-34(15-17-35)30-67-49(63)13-6-4-3-5-11-41-42(47(61)29-46(41)60)21-19-39(59)32-66-40-10-7-9-37(28-40)54(55,56)57/h3,5,7,9-10,19,21,23,27-28,34-35,39,41-43,45-47,59-61,65H,4,6,8,11-18,20,22,24-26,29-33H2,1-2H3/b5-3-,21-19+/t34?,35?,39-,41-,42-,43-,45+,46+,47-,51+,52+,53+/m1/s1. The summed E-state index contributed by atoms with van der Waals surface area (Å²) in [6.07, 6.45) is 13.5. The topological polar surface area (TPSA) is 186 Å². The molecule has 0 heterocycles. The lowest BCUT2D eigenvalue weighted by atomic mass is 9.45. The minimum Gasteiger partial charge on any atom is -0.491 e. The van der Waals surface area contributed by atoms with Crippen molar-refractivity contribution in [3.8, 4) is 5.75 Å². The van der Waals surface area contributed by atoms with Crippen molar-refractivity contribution in [2.45, 2.75) is 153 Å². The molecule has 4 saturated carbocycles. The SMILES string of the molecule is C[C@]12CCC(=O)C=C1CC[C@@H]1C2=CC[C@@]2(C)[C@H]1CCC[C@]2(O)C(=O)COC(=O)OCC1CCC(COC(=O)CCC/C=C\C[C@@H]2[C@@H](/C=C/[C@@H](O)COc3cccc(C(F)(F)F)c3)[C@H](O)C[C@@H]2O)CC1. The first-order chi connectivity index (χ1) is 32.8. The van der Waals surface area contributed by atoms with Gasteiger partial charge in [-0.3, -0.25) is 14.4 Å². The summed E-state index contributed by atoms with van der Waals surface area (Å²) in [4.78, 5) is 51.2. The summed E-state index contributed by atoms with van der Waals surface area (Å²) >= 11 is 0. The molecule has 0 aromatic heterocycles. The molecule has 69 heavy (non-hydrogen) atoms. The van der Waals surface area contributed by atoms with E-state index < -0.39 is 65.5 Å². The molecular weight excluding hydrogens is 898 g/mol. The highest BCUT2D eigenvalue weighted by atomic mass is 19.4. The lowest BCUT2D eigenvalue weighted by Gasteiger charge is -2.60. The lowest BCUT2D eigenvalue weighted by molar-refractivity contribution is -0.178. The predicted octanol–water partition coefficient (Wildman–Crippen LogP) is 9.12. The van der Waals surface area contributed by atoms with E-state index in [1.807, 2.05) is 25.2 Å². The first-order valence-corrected chi connectivity index (χ1v) is 25.1. The van der Waals surface area contributed by atoms with E-state index in [0.29, 0.717) is 51.6 Å². The molecule has 0 spiro atoms. The first-order valence-electron chi connectivity index (χ1n) is 25.1. The fourth-order valence-electron chi connectivity index (χ4n) is 12.6. The van der Waals surface area contributed by atoms with Gasteiger partial charge in [0.15, 0.2) is 12.4 Å². The third kappa shape index (κ3) is 12.2. The number of hydrogen-bond acceptors (Lipinski definition) is 12. The van der Waals surface area contributed by atoms with Gasteiger partial charge in [0.05, 0.1) is 31.0 Å². The zero-order valence-corrected chi connectivity index (χ0v) is 40.0. The van der Waals surface area contributed by atoms with Gasteiger partial charge < -0.3 is 39.4 Å². The van der Waals surface area contributed by atoms with Crippen molar-refractivity contribution in [1.82, 2.24) is 0 Å². The van der Waals surface area contributed by atoms with E-state index in [4.69, 9.17) is 18.9 Å². The van der Waals surface area contributed by atoms with Crippen LogP contribution in [0.1, 0.15) is 129 Å². The Balaban J connectivity index is 0.750. The summed E-state index contributed by atoms with van der Waals surface area (Å²) in [5, 5.41) is 43.7. The van der Waals surface area contributed by atoms with Gasteiger partial charge in [0.1, 0.15) is 24.1 Å². The molecule has 0 radical (unpaired) electrons. The maximum absolute atomic E-state index is 13.8. The second-order valence-electron chi connectivity index (χ2n) is 21.1. The van der Waals surface area contributed by atoms with Crippen molar-refractivity contribution in [1.29, 1.82) is 0 Å². The van der Waals surface area contributed by atoms with Crippen molar-refractivity contribution in [3.05, 3.63) is 77.4 Å². The van der Waals surface area contributed by atoms with Gasteiger partial charge in [0.2, 0.25) is 5.78 Å². The number of ether oxygens (including phenoxy) is 4. The Labute approximate surface area is 403 Å². The van der Waals surface area contributed by atoms with Crippen molar-refractivity contribution >= 4 is 23.7 Å². The van der Waals surface area contributed by atoms with Crippen LogP contribution in [-0.2, 0) is 34.8 Å². The third-order valence-electron chi connectivity index (χ3n) is 16.8. The van der Waals surface area contributed by atoms with Crippen LogP contribution in [0, 0.1) is 46.3 Å². The van der Waals surface area contributed by atoms with Crippen LogP contribution in [0.2, 0.25) is 0 Å². The maximum Gasteiger partial charge on any atom is 0.508 e. The summed E-state index contributed by atoms with van der Waals surface area (Å²) in [5.41, 5.74) is -0.764. The van der Waals surface area contributed by atoms with Gasteiger partial charge in [-0.05, 0) is 144 Å². The van der Waals surface area contributed by atoms with E-state index >= 15 is 0 Å². The van der Waals surface area contributed by atoms with Gasteiger partial charge in [0.25, 0.3) is 0 Å². The largest absolute Gasteiger partial charge is 0.508 e. The Kier molecular flexibility index (Phi) is 17.1. The monoisotopic (exact) mass is 968 g/mol. The highest BCUT2D eigenvalue weighted by molar-refractivity contribution is 5.92. The molecule has 6 aliphatic rings.